The van der Waals surface area contributed by atoms with E-state index in [1.165, 1.54) is 0 Å². The van der Waals surface area contributed by atoms with E-state index in [2.05, 4.69) is 25.8 Å². The lowest BCUT2D eigenvalue weighted by Crippen LogP contribution is -2.32. The van der Waals surface area contributed by atoms with Gasteiger partial charge in [-0.25, -0.2) is 9.97 Å². The van der Waals surface area contributed by atoms with Crippen molar-refractivity contribution < 1.29 is 0 Å². The summed E-state index contributed by atoms with van der Waals surface area (Å²) < 4.78 is 0. The third-order valence-electron chi connectivity index (χ3n) is 3.81. The first-order chi connectivity index (χ1) is 9.88. The van der Waals surface area contributed by atoms with Crippen molar-refractivity contribution >= 4 is 28.3 Å². The zero-order chi connectivity index (χ0) is 13.8. The van der Waals surface area contributed by atoms with Crippen LogP contribution in [0.1, 0.15) is 6.42 Å². The van der Waals surface area contributed by atoms with Crippen molar-refractivity contribution in [3.05, 3.63) is 30.6 Å². The van der Waals surface area contributed by atoms with E-state index in [0.29, 0.717) is 5.88 Å². The Balaban J connectivity index is 1.84. The number of alkyl halides is 1. The summed E-state index contributed by atoms with van der Waals surface area (Å²) in [5.74, 6) is 1.76. The van der Waals surface area contributed by atoms with Crippen LogP contribution in [0.2, 0.25) is 0 Å². The number of hydrogen-bond acceptors (Lipinski definition) is 4. The van der Waals surface area contributed by atoms with Crippen LogP contribution in [0, 0.1) is 0 Å². The van der Waals surface area contributed by atoms with Crippen LogP contribution in [0.5, 0.6) is 0 Å². The van der Waals surface area contributed by atoms with Crippen LogP contribution in [0.25, 0.3) is 10.9 Å². The number of fused-ring (bicyclic) bond motifs is 1. The van der Waals surface area contributed by atoms with Crippen molar-refractivity contribution in [1.82, 2.24) is 14.9 Å². The van der Waals surface area contributed by atoms with Gasteiger partial charge in [0.25, 0.3) is 0 Å². The lowest BCUT2D eigenvalue weighted by atomic mass is 10.2. The second kappa shape index (κ2) is 6.37. The van der Waals surface area contributed by atoms with Gasteiger partial charge in [0.2, 0.25) is 0 Å². The summed E-state index contributed by atoms with van der Waals surface area (Å²) in [5, 5.41) is 1.14. The quantitative estimate of drug-likeness (QED) is 0.813. The van der Waals surface area contributed by atoms with Gasteiger partial charge in [-0.2, -0.15) is 0 Å². The highest BCUT2D eigenvalue weighted by Crippen LogP contribution is 2.23. The van der Waals surface area contributed by atoms with Gasteiger partial charge >= 0.3 is 0 Å². The molecule has 106 valence electrons. The standard InChI is InChI=1S/C15H19ClN4/c16-6-9-19-7-3-8-20(11-10-19)15-13-4-1-2-5-14(13)17-12-18-15/h1-2,4-5,12H,3,6-11H2. The topological polar surface area (TPSA) is 32.3 Å². The zero-order valence-corrected chi connectivity index (χ0v) is 12.3. The van der Waals surface area contributed by atoms with Crippen LogP contribution in [0.4, 0.5) is 5.82 Å². The lowest BCUT2D eigenvalue weighted by Gasteiger charge is -2.23. The Bertz CT molecular complexity index is 569. The van der Waals surface area contributed by atoms with Crippen LogP contribution in [-0.4, -0.2) is 53.5 Å². The fourth-order valence-electron chi connectivity index (χ4n) is 2.77. The van der Waals surface area contributed by atoms with E-state index in [9.17, 15) is 0 Å². The number of halogens is 1. The van der Waals surface area contributed by atoms with Gasteiger partial charge in [0.05, 0.1) is 5.52 Å². The maximum atomic E-state index is 5.84. The number of nitrogens with zero attached hydrogens (tertiary/aromatic N) is 4. The van der Waals surface area contributed by atoms with Crippen LogP contribution in [0.15, 0.2) is 30.6 Å². The number of aromatic nitrogens is 2. The predicted octanol–water partition coefficient (Wildman–Crippen LogP) is 2.38. The summed E-state index contributed by atoms with van der Waals surface area (Å²) in [7, 11) is 0. The summed E-state index contributed by atoms with van der Waals surface area (Å²) in [6, 6.07) is 8.21. The zero-order valence-electron chi connectivity index (χ0n) is 11.5. The highest BCUT2D eigenvalue weighted by Gasteiger charge is 2.17. The fraction of sp³-hybridized carbons (Fsp3) is 0.467. The van der Waals surface area contributed by atoms with Crippen molar-refractivity contribution in [3.8, 4) is 0 Å². The highest BCUT2D eigenvalue weighted by molar-refractivity contribution is 6.18. The first kappa shape index (κ1) is 13.6. The molecule has 1 aliphatic heterocycles. The van der Waals surface area contributed by atoms with Crippen molar-refractivity contribution in [1.29, 1.82) is 0 Å². The van der Waals surface area contributed by atoms with Crippen molar-refractivity contribution in [2.75, 3.05) is 43.5 Å². The monoisotopic (exact) mass is 290 g/mol. The first-order valence-electron chi connectivity index (χ1n) is 7.11. The van der Waals surface area contributed by atoms with E-state index in [4.69, 9.17) is 11.6 Å². The fourth-order valence-corrected chi connectivity index (χ4v) is 3.01. The average Bonchev–Trinajstić information content (AvgIpc) is 2.73. The molecule has 0 saturated carbocycles. The first-order valence-corrected chi connectivity index (χ1v) is 7.65. The number of benzene rings is 1. The Morgan fingerprint density at radius 2 is 1.95 bits per heavy atom. The number of anilines is 1. The molecular formula is C15H19ClN4. The maximum Gasteiger partial charge on any atom is 0.139 e. The molecule has 1 aliphatic rings. The van der Waals surface area contributed by atoms with Gasteiger partial charge in [-0.1, -0.05) is 12.1 Å². The van der Waals surface area contributed by atoms with Crippen molar-refractivity contribution in [3.63, 3.8) is 0 Å². The Labute approximate surface area is 124 Å². The minimum atomic E-state index is 0.705. The van der Waals surface area contributed by atoms with Gasteiger partial charge < -0.3 is 9.80 Å². The molecule has 1 saturated heterocycles. The van der Waals surface area contributed by atoms with E-state index in [1.54, 1.807) is 6.33 Å². The summed E-state index contributed by atoms with van der Waals surface area (Å²) in [6.07, 6.45) is 2.81. The van der Waals surface area contributed by atoms with Gasteiger partial charge in [0.1, 0.15) is 12.1 Å². The summed E-state index contributed by atoms with van der Waals surface area (Å²) in [6.45, 7) is 5.18. The molecule has 20 heavy (non-hydrogen) atoms. The Hall–Kier alpha value is -1.39. The van der Waals surface area contributed by atoms with Crippen LogP contribution in [0.3, 0.4) is 0 Å². The third kappa shape index (κ3) is 2.86. The smallest absolute Gasteiger partial charge is 0.139 e. The van der Waals surface area contributed by atoms with Gasteiger partial charge in [0, 0.05) is 37.4 Å². The minimum absolute atomic E-state index is 0.705. The molecule has 0 aliphatic carbocycles. The molecular weight excluding hydrogens is 272 g/mol. The molecule has 0 amide bonds. The number of rotatable bonds is 3. The molecule has 0 bridgehead atoms. The maximum absolute atomic E-state index is 5.84. The highest BCUT2D eigenvalue weighted by atomic mass is 35.5. The second-order valence-corrected chi connectivity index (χ2v) is 5.46. The molecule has 1 fully saturated rings. The SMILES string of the molecule is ClCCN1CCCN(c2ncnc3ccccc23)CC1. The van der Waals surface area contributed by atoms with Gasteiger partial charge in [-0.05, 0) is 25.1 Å². The van der Waals surface area contributed by atoms with Gasteiger partial charge in [-0.15, -0.1) is 11.6 Å². The Morgan fingerprint density at radius 3 is 2.85 bits per heavy atom. The molecule has 4 nitrogen and oxygen atoms in total. The molecule has 5 heteroatoms. The van der Waals surface area contributed by atoms with Crippen molar-refractivity contribution in [2.24, 2.45) is 0 Å². The minimum Gasteiger partial charge on any atom is -0.355 e. The summed E-state index contributed by atoms with van der Waals surface area (Å²) in [5.41, 5.74) is 1.01. The molecule has 0 radical (unpaired) electrons. The molecule has 1 aromatic heterocycles. The Morgan fingerprint density at radius 1 is 1.05 bits per heavy atom. The van der Waals surface area contributed by atoms with Crippen LogP contribution >= 0.6 is 11.6 Å². The molecule has 0 unspecified atom stereocenters. The normalized spacial score (nSPS) is 17.4. The van der Waals surface area contributed by atoms with Gasteiger partial charge in [0.15, 0.2) is 0 Å². The number of hydrogen-bond donors (Lipinski definition) is 0. The largest absolute Gasteiger partial charge is 0.355 e. The lowest BCUT2D eigenvalue weighted by molar-refractivity contribution is 0.311. The molecule has 2 heterocycles. The third-order valence-corrected chi connectivity index (χ3v) is 3.98. The molecule has 0 atom stereocenters. The molecule has 2 aromatic rings. The molecule has 3 rings (SSSR count). The van der Waals surface area contributed by atoms with E-state index < -0.39 is 0 Å². The van der Waals surface area contributed by atoms with E-state index in [0.717, 1.165) is 55.9 Å². The second-order valence-electron chi connectivity index (χ2n) is 5.09. The van der Waals surface area contributed by atoms with Crippen molar-refractivity contribution in [2.45, 2.75) is 6.42 Å². The Kier molecular flexibility index (Phi) is 4.33. The molecule has 0 N–H and O–H groups in total. The number of para-hydroxylation sites is 1. The molecule has 0 spiro atoms. The summed E-state index contributed by atoms with van der Waals surface area (Å²) in [4.78, 5) is 13.7. The summed E-state index contributed by atoms with van der Waals surface area (Å²) >= 11 is 5.84. The van der Waals surface area contributed by atoms with Crippen LogP contribution < -0.4 is 4.90 Å². The van der Waals surface area contributed by atoms with E-state index in [1.807, 2.05) is 18.2 Å². The average molecular weight is 291 g/mol. The van der Waals surface area contributed by atoms with E-state index >= 15 is 0 Å². The van der Waals surface area contributed by atoms with E-state index in [-0.39, 0.29) is 0 Å². The molecule has 1 aromatic carbocycles. The predicted molar refractivity (Wildman–Crippen MR) is 83.5 cm³/mol. The van der Waals surface area contributed by atoms with Gasteiger partial charge in [-0.3, -0.25) is 0 Å². The van der Waals surface area contributed by atoms with Crippen LogP contribution in [-0.2, 0) is 0 Å².